The maximum absolute atomic E-state index is 13.0. The van der Waals surface area contributed by atoms with Gasteiger partial charge >= 0.3 is 0 Å². The Morgan fingerprint density at radius 3 is 2.66 bits per heavy atom. The topological polar surface area (TPSA) is 75.9 Å². The number of amides is 2. The van der Waals surface area contributed by atoms with Crippen LogP contribution in [0.15, 0.2) is 48.5 Å². The molecular weight excluding hydrogens is 366 g/mol. The highest BCUT2D eigenvalue weighted by Gasteiger charge is 2.29. The molecule has 2 aromatic rings. The van der Waals surface area contributed by atoms with Gasteiger partial charge in [0.15, 0.2) is 0 Å². The van der Waals surface area contributed by atoms with Gasteiger partial charge in [-0.1, -0.05) is 36.4 Å². The van der Waals surface area contributed by atoms with Crippen molar-refractivity contribution in [2.45, 2.75) is 19.8 Å². The van der Waals surface area contributed by atoms with E-state index in [1.807, 2.05) is 42.2 Å². The van der Waals surface area contributed by atoms with E-state index >= 15 is 0 Å². The Labute approximate surface area is 172 Å². The zero-order valence-electron chi connectivity index (χ0n) is 17.0. The first-order chi connectivity index (χ1) is 14.1. The van der Waals surface area contributed by atoms with Crippen molar-refractivity contribution in [3.63, 3.8) is 0 Å². The normalized spacial score (nSPS) is 14.2. The molecule has 0 bridgehead atoms. The lowest BCUT2D eigenvalue weighted by atomic mass is 10.1. The van der Waals surface area contributed by atoms with Gasteiger partial charge in [0, 0.05) is 19.6 Å². The molecule has 0 aromatic heterocycles. The summed E-state index contributed by atoms with van der Waals surface area (Å²) >= 11 is 0. The van der Waals surface area contributed by atoms with Crippen molar-refractivity contribution in [2.75, 3.05) is 39.3 Å². The maximum atomic E-state index is 13.0. The lowest BCUT2D eigenvalue weighted by molar-refractivity contribution is -0.134. The van der Waals surface area contributed by atoms with Gasteiger partial charge in [-0.3, -0.25) is 9.59 Å². The molecule has 1 aliphatic rings. The number of nitrogens with two attached hydrogens (primary N) is 1. The molecule has 2 aromatic carbocycles. The van der Waals surface area contributed by atoms with Crippen molar-refractivity contribution in [3.05, 3.63) is 65.2 Å². The van der Waals surface area contributed by atoms with E-state index in [0.717, 1.165) is 18.4 Å². The highest BCUT2D eigenvalue weighted by atomic mass is 16.5. The van der Waals surface area contributed by atoms with Crippen LogP contribution in [-0.4, -0.2) is 60.9 Å². The Balaban J connectivity index is 1.61. The van der Waals surface area contributed by atoms with Crippen LogP contribution in [0.3, 0.4) is 0 Å². The van der Waals surface area contributed by atoms with Crippen molar-refractivity contribution in [1.29, 1.82) is 0 Å². The number of carbonyl (C=O) groups is 2. The summed E-state index contributed by atoms with van der Waals surface area (Å²) in [4.78, 5) is 29.1. The Hall–Kier alpha value is -2.86. The van der Waals surface area contributed by atoms with Gasteiger partial charge in [-0.05, 0) is 49.6 Å². The van der Waals surface area contributed by atoms with Gasteiger partial charge in [-0.25, -0.2) is 0 Å². The molecule has 1 heterocycles. The molecule has 6 nitrogen and oxygen atoms in total. The number of rotatable bonds is 8. The minimum atomic E-state index is -0.163. The fourth-order valence-corrected chi connectivity index (χ4v) is 3.39. The third-order valence-electron chi connectivity index (χ3n) is 5.09. The molecule has 29 heavy (non-hydrogen) atoms. The summed E-state index contributed by atoms with van der Waals surface area (Å²) < 4.78 is 5.78. The lowest BCUT2D eigenvalue weighted by Gasteiger charge is -2.34. The van der Waals surface area contributed by atoms with E-state index in [4.69, 9.17) is 10.5 Å². The van der Waals surface area contributed by atoms with Gasteiger partial charge in [0.05, 0.1) is 12.2 Å². The summed E-state index contributed by atoms with van der Waals surface area (Å²) in [5.74, 6) is 0.379. The van der Waals surface area contributed by atoms with Gasteiger partial charge in [0.1, 0.15) is 12.3 Å². The summed E-state index contributed by atoms with van der Waals surface area (Å²) in [7, 11) is 0. The number of ether oxygens (including phenoxy) is 1. The average Bonchev–Trinajstić information content (AvgIpc) is 2.73. The summed E-state index contributed by atoms with van der Waals surface area (Å²) in [5, 5.41) is 0. The molecule has 2 N–H and O–H groups in total. The fourth-order valence-electron chi connectivity index (χ4n) is 3.39. The van der Waals surface area contributed by atoms with Crippen LogP contribution in [0, 0.1) is 6.92 Å². The number of piperazine rings is 1. The number of hydrogen-bond donors (Lipinski definition) is 1. The molecule has 3 rings (SSSR count). The largest absolute Gasteiger partial charge is 0.493 e. The summed E-state index contributed by atoms with van der Waals surface area (Å²) in [6, 6.07) is 15.6. The molecule has 0 spiro atoms. The number of nitrogens with zero attached hydrogens (tertiary/aromatic N) is 2. The van der Waals surface area contributed by atoms with Gasteiger partial charge in [-0.2, -0.15) is 0 Å². The van der Waals surface area contributed by atoms with Crippen LogP contribution >= 0.6 is 0 Å². The van der Waals surface area contributed by atoms with E-state index in [1.54, 1.807) is 11.0 Å². The van der Waals surface area contributed by atoms with E-state index in [0.29, 0.717) is 44.1 Å². The van der Waals surface area contributed by atoms with E-state index in [1.165, 1.54) is 5.56 Å². The monoisotopic (exact) mass is 395 g/mol. The molecule has 0 unspecified atom stereocenters. The molecule has 0 radical (unpaired) electrons. The Kier molecular flexibility index (Phi) is 7.25. The van der Waals surface area contributed by atoms with Crippen LogP contribution in [-0.2, 0) is 11.2 Å². The quantitative estimate of drug-likeness (QED) is 0.696. The molecule has 2 amide bonds. The highest BCUT2D eigenvalue weighted by Crippen LogP contribution is 2.23. The fraction of sp³-hybridized carbons (Fsp3) is 0.391. The molecule has 6 heteroatoms. The second-order valence-corrected chi connectivity index (χ2v) is 7.33. The standard InChI is InChI=1S/C23H29N3O3/c1-18-8-9-20(21(16-18)29-15-5-11-24)23(28)26-14-13-25(22(27)17-26)12-10-19-6-3-2-4-7-19/h2-4,6-9,16H,5,10-15,17,24H2,1H3. The maximum Gasteiger partial charge on any atom is 0.258 e. The molecular formula is C23H29N3O3. The highest BCUT2D eigenvalue weighted by molar-refractivity contribution is 5.99. The van der Waals surface area contributed by atoms with Crippen molar-refractivity contribution in [3.8, 4) is 5.75 Å². The summed E-state index contributed by atoms with van der Waals surface area (Å²) in [5.41, 5.74) is 8.25. The van der Waals surface area contributed by atoms with E-state index in [2.05, 4.69) is 12.1 Å². The molecule has 0 atom stereocenters. The van der Waals surface area contributed by atoms with Gasteiger partial charge in [0.2, 0.25) is 5.91 Å². The average molecular weight is 396 g/mol. The summed E-state index contributed by atoms with van der Waals surface area (Å²) in [6.45, 7) is 4.80. The van der Waals surface area contributed by atoms with Gasteiger partial charge in [0.25, 0.3) is 5.91 Å². The summed E-state index contributed by atoms with van der Waals surface area (Å²) in [6.07, 6.45) is 1.54. The molecule has 0 saturated carbocycles. The Bertz CT molecular complexity index is 839. The van der Waals surface area contributed by atoms with Crippen molar-refractivity contribution >= 4 is 11.8 Å². The number of aryl methyl sites for hydroxylation is 1. The van der Waals surface area contributed by atoms with Crippen molar-refractivity contribution in [2.24, 2.45) is 5.73 Å². The van der Waals surface area contributed by atoms with Crippen molar-refractivity contribution in [1.82, 2.24) is 9.80 Å². The Morgan fingerprint density at radius 1 is 1.14 bits per heavy atom. The first kappa shape index (κ1) is 20.9. The van der Waals surface area contributed by atoms with Crippen LogP contribution in [0.1, 0.15) is 27.9 Å². The van der Waals surface area contributed by atoms with E-state index in [-0.39, 0.29) is 18.4 Å². The predicted octanol–water partition coefficient (Wildman–Crippen LogP) is 2.25. The molecule has 154 valence electrons. The zero-order valence-corrected chi connectivity index (χ0v) is 17.0. The number of hydrogen-bond acceptors (Lipinski definition) is 4. The molecule has 1 fully saturated rings. The number of carbonyl (C=O) groups excluding carboxylic acids is 2. The Morgan fingerprint density at radius 2 is 1.93 bits per heavy atom. The number of benzene rings is 2. The third-order valence-corrected chi connectivity index (χ3v) is 5.09. The second kappa shape index (κ2) is 10.1. The molecule has 0 aliphatic carbocycles. The SMILES string of the molecule is Cc1ccc(C(=O)N2CCN(CCc3ccccc3)C(=O)C2)c(OCCCN)c1. The van der Waals surface area contributed by atoms with Crippen LogP contribution in [0.2, 0.25) is 0 Å². The first-order valence-electron chi connectivity index (χ1n) is 10.1. The first-order valence-corrected chi connectivity index (χ1v) is 10.1. The third kappa shape index (κ3) is 5.57. The minimum absolute atomic E-state index is 0.0155. The van der Waals surface area contributed by atoms with Crippen LogP contribution in [0.4, 0.5) is 0 Å². The van der Waals surface area contributed by atoms with Gasteiger partial charge < -0.3 is 20.3 Å². The van der Waals surface area contributed by atoms with Gasteiger partial charge in [-0.15, -0.1) is 0 Å². The van der Waals surface area contributed by atoms with E-state index in [9.17, 15) is 9.59 Å². The van der Waals surface area contributed by atoms with E-state index < -0.39 is 0 Å². The van der Waals surface area contributed by atoms with Crippen molar-refractivity contribution < 1.29 is 14.3 Å². The smallest absolute Gasteiger partial charge is 0.258 e. The van der Waals surface area contributed by atoms with Crippen LogP contribution in [0.5, 0.6) is 5.75 Å². The van der Waals surface area contributed by atoms with Crippen LogP contribution in [0.25, 0.3) is 0 Å². The minimum Gasteiger partial charge on any atom is -0.493 e. The zero-order chi connectivity index (χ0) is 20.6. The second-order valence-electron chi connectivity index (χ2n) is 7.33. The lowest BCUT2D eigenvalue weighted by Crippen LogP contribution is -2.52. The molecule has 1 aliphatic heterocycles. The molecule has 1 saturated heterocycles. The predicted molar refractivity (Wildman–Crippen MR) is 113 cm³/mol. The van der Waals surface area contributed by atoms with Crippen LogP contribution < -0.4 is 10.5 Å².